The number of methoxy groups -OCH3 is 1. The highest BCUT2D eigenvalue weighted by Gasteiger charge is 2.34. The van der Waals surface area contributed by atoms with E-state index in [-0.39, 0.29) is 6.04 Å². The lowest BCUT2D eigenvalue weighted by Gasteiger charge is -2.21. The summed E-state index contributed by atoms with van der Waals surface area (Å²) >= 11 is 0. The van der Waals surface area contributed by atoms with Crippen molar-refractivity contribution in [3.63, 3.8) is 0 Å². The van der Waals surface area contributed by atoms with E-state index in [9.17, 15) is 5.11 Å². The van der Waals surface area contributed by atoms with Crippen LogP contribution in [0.25, 0.3) is 0 Å². The van der Waals surface area contributed by atoms with E-state index in [0.29, 0.717) is 11.8 Å². The van der Waals surface area contributed by atoms with Gasteiger partial charge in [-0.15, -0.1) is 0 Å². The highest BCUT2D eigenvalue weighted by atomic mass is 16.5. The number of nitrogens with one attached hydrogen (secondary N) is 1. The second-order valence-electron chi connectivity index (χ2n) is 6.02. The monoisotopic (exact) mass is 276 g/mol. The van der Waals surface area contributed by atoms with Crippen LogP contribution < -0.4 is 10.1 Å². The van der Waals surface area contributed by atoms with Gasteiger partial charge < -0.3 is 15.2 Å². The molecule has 0 radical (unpaired) electrons. The van der Waals surface area contributed by atoms with Crippen molar-refractivity contribution in [3.8, 4) is 11.5 Å². The van der Waals surface area contributed by atoms with Crippen LogP contribution in [0.5, 0.6) is 11.5 Å². The number of nitrogens with zero attached hydrogens (tertiary/aromatic N) is 1. The van der Waals surface area contributed by atoms with Crippen LogP contribution in [0.1, 0.15) is 37.8 Å². The van der Waals surface area contributed by atoms with Gasteiger partial charge in [-0.05, 0) is 44.4 Å². The number of ether oxygens (including phenoxy) is 1. The minimum Gasteiger partial charge on any atom is -0.508 e. The Morgan fingerprint density at radius 1 is 1.35 bits per heavy atom. The van der Waals surface area contributed by atoms with Crippen LogP contribution in [0.15, 0.2) is 18.2 Å². The summed E-state index contributed by atoms with van der Waals surface area (Å²) in [6.45, 7) is 4.45. The summed E-state index contributed by atoms with van der Waals surface area (Å²) in [5, 5.41) is 13.7. The molecule has 0 spiro atoms. The Bertz CT molecular complexity index is 474. The fraction of sp³-hybridized carbons (Fsp3) is 0.625. The van der Waals surface area contributed by atoms with Gasteiger partial charge in [0.15, 0.2) is 0 Å². The van der Waals surface area contributed by atoms with Gasteiger partial charge in [0.2, 0.25) is 0 Å². The standard InChI is InChI=1S/C16H24N2O2/c1-11(15-9-14(20-2)5-6-16(15)19)17-12-7-8-18(10-12)13-3-4-13/h5-6,9,11-13,17,19H,3-4,7-8,10H2,1-2H3. The molecule has 3 rings (SSSR count). The Kier molecular flexibility index (Phi) is 3.85. The van der Waals surface area contributed by atoms with Crippen molar-refractivity contribution in [2.75, 3.05) is 20.2 Å². The summed E-state index contributed by atoms with van der Waals surface area (Å²) in [6, 6.07) is 6.92. The van der Waals surface area contributed by atoms with E-state index in [1.165, 1.54) is 25.8 Å². The zero-order chi connectivity index (χ0) is 14.1. The molecule has 2 atom stereocenters. The molecule has 1 aliphatic carbocycles. The Hall–Kier alpha value is -1.26. The van der Waals surface area contributed by atoms with E-state index < -0.39 is 0 Å². The molecule has 4 heteroatoms. The van der Waals surface area contributed by atoms with Gasteiger partial charge in [0.1, 0.15) is 11.5 Å². The van der Waals surface area contributed by atoms with Crippen LogP contribution in [-0.4, -0.2) is 42.3 Å². The highest BCUT2D eigenvalue weighted by Crippen LogP contribution is 2.32. The van der Waals surface area contributed by atoms with Crippen LogP contribution >= 0.6 is 0 Å². The van der Waals surface area contributed by atoms with Crippen molar-refractivity contribution in [1.29, 1.82) is 0 Å². The normalized spacial score (nSPS) is 24.8. The summed E-state index contributed by atoms with van der Waals surface area (Å²) in [5.41, 5.74) is 0.911. The van der Waals surface area contributed by atoms with Gasteiger partial charge in [-0.2, -0.15) is 0 Å². The lowest BCUT2D eigenvalue weighted by Crippen LogP contribution is -2.35. The molecule has 110 valence electrons. The maximum absolute atomic E-state index is 10.0. The van der Waals surface area contributed by atoms with Gasteiger partial charge >= 0.3 is 0 Å². The van der Waals surface area contributed by atoms with Crippen molar-refractivity contribution >= 4 is 0 Å². The average molecular weight is 276 g/mol. The number of hydrogen-bond donors (Lipinski definition) is 2. The predicted octanol–water partition coefficient (Wildman–Crippen LogP) is 2.29. The molecule has 0 bridgehead atoms. The largest absolute Gasteiger partial charge is 0.508 e. The topological polar surface area (TPSA) is 44.7 Å². The van der Waals surface area contributed by atoms with Crippen molar-refractivity contribution < 1.29 is 9.84 Å². The van der Waals surface area contributed by atoms with Gasteiger partial charge in [-0.25, -0.2) is 0 Å². The van der Waals surface area contributed by atoms with Crippen LogP contribution in [0.2, 0.25) is 0 Å². The SMILES string of the molecule is COc1ccc(O)c(C(C)NC2CCN(C3CC3)C2)c1. The van der Waals surface area contributed by atoms with Crippen molar-refractivity contribution in [2.24, 2.45) is 0 Å². The number of phenols is 1. The third-order valence-corrected chi connectivity index (χ3v) is 4.47. The molecule has 1 saturated heterocycles. The fourth-order valence-corrected chi connectivity index (χ4v) is 3.14. The molecule has 2 fully saturated rings. The number of aromatic hydroxyl groups is 1. The second kappa shape index (κ2) is 5.62. The van der Waals surface area contributed by atoms with Crippen LogP contribution in [0, 0.1) is 0 Å². The quantitative estimate of drug-likeness (QED) is 0.866. The summed E-state index contributed by atoms with van der Waals surface area (Å²) in [5.74, 6) is 1.13. The molecular weight excluding hydrogens is 252 g/mol. The van der Waals surface area contributed by atoms with Crippen molar-refractivity contribution in [3.05, 3.63) is 23.8 Å². The van der Waals surface area contributed by atoms with E-state index in [4.69, 9.17) is 4.74 Å². The van der Waals surface area contributed by atoms with Crippen LogP contribution in [0.3, 0.4) is 0 Å². The maximum Gasteiger partial charge on any atom is 0.120 e. The molecule has 2 unspecified atom stereocenters. The van der Waals surface area contributed by atoms with Crippen LogP contribution in [0.4, 0.5) is 0 Å². The van der Waals surface area contributed by atoms with E-state index in [1.807, 2.05) is 6.07 Å². The van der Waals surface area contributed by atoms with Gasteiger partial charge in [0, 0.05) is 36.8 Å². The second-order valence-corrected chi connectivity index (χ2v) is 6.02. The molecule has 4 nitrogen and oxygen atoms in total. The first-order valence-electron chi connectivity index (χ1n) is 7.54. The number of rotatable bonds is 5. The van der Waals surface area contributed by atoms with E-state index >= 15 is 0 Å². The minimum absolute atomic E-state index is 0.134. The fourth-order valence-electron chi connectivity index (χ4n) is 3.14. The Labute approximate surface area is 120 Å². The maximum atomic E-state index is 10.0. The molecule has 1 saturated carbocycles. The van der Waals surface area contributed by atoms with E-state index in [0.717, 1.165) is 23.9 Å². The van der Waals surface area contributed by atoms with E-state index in [2.05, 4.69) is 17.1 Å². The number of benzene rings is 1. The predicted molar refractivity (Wildman–Crippen MR) is 79.2 cm³/mol. The van der Waals surface area contributed by atoms with Gasteiger partial charge in [0.05, 0.1) is 7.11 Å². The molecule has 1 heterocycles. The first-order chi connectivity index (χ1) is 9.67. The summed E-state index contributed by atoms with van der Waals surface area (Å²) in [7, 11) is 1.65. The molecule has 0 aromatic heterocycles. The lowest BCUT2D eigenvalue weighted by atomic mass is 10.1. The number of likely N-dealkylation sites (tertiary alicyclic amines) is 1. The summed E-state index contributed by atoms with van der Waals surface area (Å²) in [6.07, 6.45) is 3.95. The number of hydrogen-bond acceptors (Lipinski definition) is 4. The summed E-state index contributed by atoms with van der Waals surface area (Å²) in [4.78, 5) is 2.59. The lowest BCUT2D eigenvalue weighted by molar-refractivity contribution is 0.313. The summed E-state index contributed by atoms with van der Waals surface area (Å²) < 4.78 is 5.24. The number of phenolic OH excluding ortho intramolecular Hbond substituents is 1. The smallest absolute Gasteiger partial charge is 0.120 e. The highest BCUT2D eigenvalue weighted by molar-refractivity contribution is 5.41. The minimum atomic E-state index is 0.134. The first-order valence-corrected chi connectivity index (χ1v) is 7.54. The van der Waals surface area contributed by atoms with Crippen LogP contribution in [-0.2, 0) is 0 Å². The molecule has 1 aromatic carbocycles. The Morgan fingerprint density at radius 3 is 2.85 bits per heavy atom. The van der Waals surface area contributed by atoms with E-state index in [1.54, 1.807) is 19.2 Å². The molecule has 20 heavy (non-hydrogen) atoms. The average Bonchev–Trinajstić information content (AvgIpc) is 3.20. The Morgan fingerprint density at radius 2 is 2.15 bits per heavy atom. The van der Waals surface area contributed by atoms with Gasteiger partial charge in [-0.1, -0.05) is 0 Å². The Balaban J connectivity index is 1.62. The molecular formula is C16H24N2O2. The molecule has 2 aliphatic rings. The molecule has 1 aliphatic heterocycles. The molecule has 0 amide bonds. The third-order valence-electron chi connectivity index (χ3n) is 4.47. The molecule has 2 N–H and O–H groups in total. The van der Waals surface area contributed by atoms with Gasteiger partial charge in [-0.3, -0.25) is 4.90 Å². The van der Waals surface area contributed by atoms with Crippen molar-refractivity contribution in [2.45, 2.75) is 44.3 Å². The zero-order valence-electron chi connectivity index (χ0n) is 12.3. The third kappa shape index (κ3) is 2.91. The van der Waals surface area contributed by atoms with Gasteiger partial charge in [0.25, 0.3) is 0 Å². The first kappa shape index (κ1) is 13.7. The zero-order valence-corrected chi connectivity index (χ0v) is 12.3. The van der Waals surface area contributed by atoms with Crippen molar-refractivity contribution in [1.82, 2.24) is 10.2 Å². The molecule has 1 aromatic rings.